The molecular formula is C11H21NO2. The van der Waals surface area contributed by atoms with Gasteiger partial charge in [-0.05, 0) is 19.0 Å². The average molecular weight is 199 g/mol. The van der Waals surface area contributed by atoms with Crippen molar-refractivity contribution >= 4 is 5.97 Å². The van der Waals surface area contributed by atoms with Gasteiger partial charge in [-0.1, -0.05) is 32.3 Å². The van der Waals surface area contributed by atoms with E-state index in [2.05, 4.69) is 11.9 Å². The molecule has 0 aliphatic carbocycles. The van der Waals surface area contributed by atoms with Gasteiger partial charge >= 0.3 is 5.97 Å². The molecular weight excluding hydrogens is 178 g/mol. The fourth-order valence-electron chi connectivity index (χ4n) is 1.31. The van der Waals surface area contributed by atoms with E-state index in [1.807, 2.05) is 0 Å². The third-order valence-electron chi connectivity index (χ3n) is 2.11. The van der Waals surface area contributed by atoms with Crippen molar-refractivity contribution in [2.24, 2.45) is 0 Å². The van der Waals surface area contributed by atoms with Gasteiger partial charge in [0.1, 0.15) is 0 Å². The molecule has 0 atom stereocenters. The topological polar surface area (TPSA) is 49.3 Å². The van der Waals surface area contributed by atoms with Crippen molar-refractivity contribution in [3.63, 3.8) is 0 Å². The van der Waals surface area contributed by atoms with Crippen LogP contribution in [0, 0.1) is 0 Å². The monoisotopic (exact) mass is 199 g/mol. The number of rotatable bonds is 10. The Kier molecular flexibility index (Phi) is 9.38. The van der Waals surface area contributed by atoms with Gasteiger partial charge in [0.25, 0.3) is 0 Å². The van der Waals surface area contributed by atoms with Crippen molar-refractivity contribution in [2.45, 2.75) is 44.9 Å². The van der Waals surface area contributed by atoms with E-state index in [1.165, 1.54) is 19.3 Å². The highest BCUT2D eigenvalue weighted by Gasteiger charge is 1.95. The first-order chi connectivity index (χ1) is 6.77. The smallest absolute Gasteiger partial charge is 0.303 e. The molecule has 0 heterocycles. The molecule has 2 N–H and O–H groups in total. The molecule has 0 rings (SSSR count). The Bertz CT molecular complexity index is 157. The van der Waals surface area contributed by atoms with Crippen LogP contribution in [0.1, 0.15) is 44.9 Å². The van der Waals surface area contributed by atoms with E-state index in [-0.39, 0.29) is 0 Å². The van der Waals surface area contributed by atoms with E-state index in [1.54, 1.807) is 6.20 Å². The molecule has 0 aromatic carbocycles. The third kappa shape index (κ3) is 11.0. The molecule has 0 aliphatic rings. The summed E-state index contributed by atoms with van der Waals surface area (Å²) in [5.41, 5.74) is 0. The van der Waals surface area contributed by atoms with Gasteiger partial charge < -0.3 is 10.4 Å². The molecule has 0 aromatic heterocycles. The highest BCUT2D eigenvalue weighted by molar-refractivity contribution is 5.66. The van der Waals surface area contributed by atoms with Crippen LogP contribution in [-0.2, 0) is 4.79 Å². The zero-order chi connectivity index (χ0) is 10.6. The van der Waals surface area contributed by atoms with E-state index < -0.39 is 5.97 Å². The molecule has 0 spiro atoms. The van der Waals surface area contributed by atoms with Crippen LogP contribution in [0.3, 0.4) is 0 Å². The molecule has 0 aliphatic heterocycles. The fourth-order valence-corrected chi connectivity index (χ4v) is 1.31. The van der Waals surface area contributed by atoms with Crippen LogP contribution >= 0.6 is 0 Å². The summed E-state index contributed by atoms with van der Waals surface area (Å²) in [4.78, 5) is 10.2. The number of hydrogen-bond acceptors (Lipinski definition) is 2. The number of nitrogens with one attached hydrogen (secondary N) is 1. The zero-order valence-corrected chi connectivity index (χ0v) is 8.80. The van der Waals surface area contributed by atoms with Crippen molar-refractivity contribution in [1.82, 2.24) is 5.32 Å². The van der Waals surface area contributed by atoms with Gasteiger partial charge in [0.2, 0.25) is 0 Å². The van der Waals surface area contributed by atoms with Crippen molar-refractivity contribution in [3.05, 3.63) is 12.8 Å². The number of carboxylic acids is 1. The lowest BCUT2D eigenvalue weighted by atomic mass is 10.1. The molecule has 0 radical (unpaired) electrons. The Balaban J connectivity index is 2.92. The molecule has 3 heteroatoms. The molecule has 0 aromatic rings. The maximum atomic E-state index is 10.2. The van der Waals surface area contributed by atoms with Gasteiger partial charge in [0, 0.05) is 13.0 Å². The first kappa shape index (κ1) is 13.0. The summed E-state index contributed by atoms with van der Waals surface area (Å²) in [6.07, 6.45) is 8.64. The van der Waals surface area contributed by atoms with E-state index in [9.17, 15) is 4.79 Å². The van der Waals surface area contributed by atoms with Gasteiger partial charge in [0.15, 0.2) is 0 Å². The normalized spacial score (nSPS) is 9.71. The summed E-state index contributed by atoms with van der Waals surface area (Å²) in [6.45, 7) is 4.57. The minimum absolute atomic E-state index is 0.317. The number of aliphatic carboxylic acids is 1. The van der Waals surface area contributed by atoms with Crippen molar-refractivity contribution in [3.8, 4) is 0 Å². The average Bonchev–Trinajstić information content (AvgIpc) is 2.15. The van der Waals surface area contributed by atoms with E-state index >= 15 is 0 Å². The van der Waals surface area contributed by atoms with E-state index in [4.69, 9.17) is 5.11 Å². The molecule has 0 amide bonds. The van der Waals surface area contributed by atoms with Crippen LogP contribution in [0.25, 0.3) is 0 Å². The summed E-state index contributed by atoms with van der Waals surface area (Å²) in [5, 5.41) is 11.4. The lowest BCUT2D eigenvalue weighted by molar-refractivity contribution is -0.137. The highest BCUT2D eigenvalue weighted by atomic mass is 16.4. The Morgan fingerprint density at radius 2 is 1.71 bits per heavy atom. The maximum Gasteiger partial charge on any atom is 0.303 e. The molecule has 14 heavy (non-hydrogen) atoms. The van der Waals surface area contributed by atoms with Crippen LogP contribution in [0.5, 0.6) is 0 Å². The molecule has 3 nitrogen and oxygen atoms in total. The van der Waals surface area contributed by atoms with Crippen molar-refractivity contribution in [2.75, 3.05) is 6.54 Å². The van der Waals surface area contributed by atoms with Gasteiger partial charge in [-0.3, -0.25) is 4.79 Å². The lowest BCUT2D eigenvalue weighted by Gasteiger charge is -2.01. The van der Waals surface area contributed by atoms with Crippen molar-refractivity contribution in [1.29, 1.82) is 0 Å². The van der Waals surface area contributed by atoms with Crippen molar-refractivity contribution < 1.29 is 9.90 Å². The van der Waals surface area contributed by atoms with Gasteiger partial charge in [-0.25, -0.2) is 0 Å². The summed E-state index contributed by atoms with van der Waals surface area (Å²) in [5.74, 6) is -0.680. The van der Waals surface area contributed by atoms with Crippen LogP contribution < -0.4 is 5.32 Å². The Labute approximate surface area is 86.2 Å². The lowest BCUT2D eigenvalue weighted by Crippen LogP contribution is -2.05. The predicted octanol–water partition coefficient (Wildman–Crippen LogP) is 2.53. The predicted molar refractivity (Wildman–Crippen MR) is 58.2 cm³/mol. The quantitative estimate of drug-likeness (QED) is 0.531. The van der Waals surface area contributed by atoms with Gasteiger partial charge in [-0.15, -0.1) is 0 Å². The number of carbonyl (C=O) groups is 1. The summed E-state index contributed by atoms with van der Waals surface area (Å²) >= 11 is 0. The maximum absolute atomic E-state index is 10.2. The second-order valence-corrected chi connectivity index (χ2v) is 3.42. The zero-order valence-electron chi connectivity index (χ0n) is 8.80. The van der Waals surface area contributed by atoms with E-state index in [0.29, 0.717) is 6.42 Å². The summed E-state index contributed by atoms with van der Waals surface area (Å²) in [7, 11) is 0. The van der Waals surface area contributed by atoms with Gasteiger partial charge in [0.05, 0.1) is 0 Å². The molecule has 82 valence electrons. The minimum Gasteiger partial charge on any atom is -0.481 e. The summed E-state index contributed by atoms with van der Waals surface area (Å²) < 4.78 is 0. The molecule has 0 unspecified atom stereocenters. The molecule has 0 saturated carbocycles. The van der Waals surface area contributed by atoms with Crippen LogP contribution in [0.15, 0.2) is 12.8 Å². The minimum atomic E-state index is -0.680. The van der Waals surface area contributed by atoms with Crippen LogP contribution in [-0.4, -0.2) is 17.6 Å². The largest absolute Gasteiger partial charge is 0.481 e. The first-order valence-electron chi connectivity index (χ1n) is 5.33. The molecule has 0 saturated heterocycles. The Morgan fingerprint density at radius 3 is 2.29 bits per heavy atom. The number of carboxylic acid groups (broad SMARTS) is 1. The van der Waals surface area contributed by atoms with Crippen LogP contribution in [0.4, 0.5) is 0 Å². The summed E-state index contributed by atoms with van der Waals surface area (Å²) in [6, 6.07) is 0. The second-order valence-electron chi connectivity index (χ2n) is 3.42. The Morgan fingerprint density at radius 1 is 1.14 bits per heavy atom. The third-order valence-corrected chi connectivity index (χ3v) is 2.11. The highest BCUT2D eigenvalue weighted by Crippen LogP contribution is 2.06. The fraction of sp³-hybridized carbons (Fsp3) is 0.727. The Hall–Kier alpha value is -0.990. The van der Waals surface area contributed by atoms with Crippen LogP contribution in [0.2, 0.25) is 0 Å². The SMILES string of the molecule is C=CNCCCCCCCCC(=O)O. The van der Waals surface area contributed by atoms with Gasteiger partial charge in [-0.2, -0.15) is 0 Å². The van der Waals surface area contributed by atoms with E-state index in [0.717, 1.165) is 25.8 Å². The molecule has 0 fully saturated rings. The number of unbranched alkanes of at least 4 members (excludes halogenated alkanes) is 5. The second kappa shape index (κ2) is 10.1. The standard InChI is InChI=1S/C11H21NO2/c1-2-12-10-8-6-4-3-5-7-9-11(13)14/h2,12H,1,3-10H2,(H,13,14). The first-order valence-corrected chi connectivity index (χ1v) is 5.33. The molecule has 0 bridgehead atoms. The number of hydrogen-bond donors (Lipinski definition) is 2.